The van der Waals surface area contributed by atoms with Gasteiger partial charge in [0.2, 0.25) is 11.8 Å². The Morgan fingerprint density at radius 1 is 1.10 bits per heavy atom. The summed E-state index contributed by atoms with van der Waals surface area (Å²) in [5, 5.41) is 19.8. The van der Waals surface area contributed by atoms with Crippen molar-refractivity contribution in [2.75, 3.05) is 26.7 Å². The molecule has 0 spiro atoms. The lowest BCUT2D eigenvalue weighted by molar-refractivity contribution is -0.143. The molecule has 0 bridgehead atoms. The van der Waals surface area contributed by atoms with E-state index in [4.69, 9.17) is 9.84 Å². The number of rotatable bonds is 9. The first-order valence-corrected chi connectivity index (χ1v) is 12.7. The van der Waals surface area contributed by atoms with Crippen molar-refractivity contribution in [3.63, 3.8) is 0 Å². The Kier molecular flexibility index (Phi) is 7.89. The van der Waals surface area contributed by atoms with Crippen LogP contribution in [0.3, 0.4) is 0 Å². The summed E-state index contributed by atoms with van der Waals surface area (Å²) in [7, 11) is 1.61. The van der Waals surface area contributed by atoms with Crippen molar-refractivity contribution < 1.29 is 29.0 Å². The van der Waals surface area contributed by atoms with Gasteiger partial charge in [0, 0.05) is 26.6 Å². The topological polar surface area (TPSA) is 141 Å². The predicted octanol–water partition coefficient (Wildman–Crippen LogP) is 1.89. The lowest BCUT2D eigenvalue weighted by Gasteiger charge is -2.40. The number of carboxylic acid groups (broad SMARTS) is 1. The van der Waals surface area contributed by atoms with Crippen molar-refractivity contribution in [3.05, 3.63) is 66.2 Å². The van der Waals surface area contributed by atoms with E-state index in [0.717, 1.165) is 11.3 Å². The van der Waals surface area contributed by atoms with E-state index in [1.165, 1.54) is 18.9 Å². The van der Waals surface area contributed by atoms with Gasteiger partial charge in [-0.3, -0.25) is 14.4 Å². The van der Waals surface area contributed by atoms with Gasteiger partial charge >= 0.3 is 6.09 Å². The molecule has 1 fully saturated rings. The number of hydrazone groups is 1. The second-order valence-corrected chi connectivity index (χ2v) is 10.3. The second kappa shape index (κ2) is 11.1. The maximum absolute atomic E-state index is 13.9. The summed E-state index contributed by atoms with van der Waals surface area (Å²) < 4.78 is 5.82. The van der Waals surface area contributed by atoms with E-state index < -0.39 is 34.9 Å². The summed E-state index contributed by atoms with van der Waals surface area (Å²) in [4.78, 5) is 53.2. The Labute approximate surface area is 226 Å². The summed E-state index contributed by atoms with van der Waals surface area (Å²) in [5.41, 5.74) is -0.835. The molecule has 206 valence electrons. The molecule has 2 aliphatic heterocycles. The number of amides is 4. The number of hydrogen-bond donors (Lipinski definition) is 3. The monoisotopic (exact) mass is 535 g/mol. The fraction of sp³-hybridized carbons (Fsp3) is 0.393. The summed E-state index contributed by atoms with van der Waals surface area (Å²) in [6.07, 6.45) is -0.582. The number of nitrogens with zero attached hydrogens (tertiary/aromatic N) is 3. The third-order valence-electron chi connectivity index (χ3n) is 7.02. The van der Waals surface area contributed by atoms with Crippen LogP contribution >= 0.6 is 0 Å². The molecule has 2 heterocycles. The van der Waals surface area contributed by atoms with Gasteiger partial charge in [-0.2, -0.15) is 5.10 Å². The molecule has 11 heteroatoms. The van der Waals surface area contributed by atoms with E-state index in [1.54, 1.807) is 36.2 Å². The van der Waals surface area contributed by atoms with Crippen LogP contribution in [0.25, 0.3) is 0 Å². The van der Waals surface area contributed by atoms with E-state index in [9.17, 15) is 19.2 Å². The van der Waals surface area contributed by atoms with Gasteiger partial charge in [-0.25, -0.2) is 9.80 Å². The Morgan fingerprint density at radius 3 is 2.38 bits per heavy atom. The second-order valence-electron chi connectivity index (χ2n) is 10.3. The third kappa shape index (κ3) is 6.02. The molecule has 2 aromatic rings. The lowest BCUT2D eigenvalue weighted by atomic mass is 9.73. The molecule has 3 N–H and O–H groups in total. The molecule has 1 saturated heterocycles. The molecular weight excluding hydrogens is 502 g/mol. The first-order chi connectivity index (χ1) is 18.5. The Morgan fingerprint density at radius 2 is 1.74 bits per heavy atom. The smallest absolute Gasteiger partial charge is 0.405 e. The number of nitrogens with one attached hydrogen (secondary N) is 2. The number of likely N-dealkylation sites (tertiary alicyclic amines) is 1. The number of para-hydroxylation sites is 1. The van der Waals surface area contributed by atoms with Gasteiger partial charge < -0.3 is 25.4 Å². The molecule has 2 atom stereocenters. The molecule has 4 rings (SSSR count). The predicted molar refractivity (Wildman–Crippen MR) is 143 cm³/mol. The van der Waals surface area contributed by atoms with E-state index in [2.05, 4.69) is 15.7 Å². The lowest BCUT2D eigenvalue weighted by Crippen LogP contribution is -2.62. The van der Waals surface area contributed by atoms with Gasteiger partial charge in [0.1, 0.15) is 29.4 Å². The van der Waals surface area contributed by atoms with Crippen LogP contribution < -0.4 is 15.4 Å². The minimum Gasteiger partial charge on any atom is -0.491 e. The first-order valence-electron chi connectivity index (χ1n) is 12.7. The molecule has 0 aromatic heterocycles. The van der Waals surface area contributed by atoms with Crippen LogP contribution in [0.15, 0.2) is 65.8 Å². The Bertz CT molecular complexity index is 1270. The molecule has 2 aromatic carbocycles. The number of benzene rings is 2. The number of carbonyl (C=O) groups excluding carboxylic acids is 3. The molecule has 2 aliphatic rings. The van der Waals surface area contributed by atoms with Gasteiger partial charge in [0.25, 0.3) is 5.91 Å². The van der Waals surface area contributed by atoms with Crippen molar-refractivity contribution >= 4 is 29.5 Å². The van der Waals surface area contributed by atoms with Crippen LogP contribution in [0.4, 0.5) is 4.79 Å². The third-order valence-corrected chi connectivity index (χ3v) is 7.02. The Balaban J connectivity index is 1.59. The van der Waals surface area contributed by atoms with Crippen LogP contribution in [0.5, 0.6) is 5.75 Å². The highest BCUT2D eigenvalue weighted by Crippen LogP contribution is 2.38. The minimum atomic E-state index is -1.50. The van der Waals surface area contributed by atoms with Gasteiger partial charge in [0.15, 0.2) is 0 Å². The average molecular weight is 536 g/mol. The summed E-state index contributed by atoms with van der Waals surface area (Å²) in [5.74, 6) is -0.797. The van der Waals surface area contributed by atoms with Crippen LogP contribution in [-0.2, 0) is 20.8 Å². The van der Waals surface area contributed by atoms with Crippen molar-refractivity contribution in [1.29, 1.82) is 0 Å². The van der Waals surface area contributed by atoms with E-state index in [1.807, 2.05) is 36.4 Å². The molecule has 4 amide bonds. The zero-order valence-electron chi connectivity index (χ0n) is 22.2. The van der Waals surface area contributed by atoms with Gasteiger partial charge in [0.05, 0.1) is 5.71 Å². The molecule has 0 aliphatic carbocycles. The highest BCUT2D eigenvalue weighted by atomic mass is 16.5. The largest absolute Gasteiger partial charge is 0.491 e. The quantitative estimate of drug-likeness (QED) is 0.448. The van der Waals surface area contributed by atoms with Crippen molar-refractivity contribution in [2.45, 2.75) is 38.3 Å². The number of hydrogen-bond acceptors (Lipinski definition) is 6. The minimum absolute atomic E-state index is 0.0945. The Hall–Kier alpha value is -4.41. The number of fused-ring (bicyclic) bond motifs is 1. The fourth-order valence-electron chi connectivity index (χ4n) is 4.97. The van der Waals surface area contributed by atoms with Crippen molar-refractivity contribution in [2.24, 2.45) is 10.5 Å². The van der Waals surface area contributed by atoms with E-state index in [0.29, 0.717) is 25.1 Å². The van der Waals surface area contributed by atoms with Crippen LogP contribution in [-0.4, -0.2) is 82.9 Å². The normalized spacial score (nSPS) is 19.6. The van der Waals surface area contributed by atoms with Crippen molar-refractivity contribution in [1.82, 2.24) is 20.5 Å². The number of piperidine rings is 1. The maximum atomic E-state index is 13.9. The van der Waals surface area contributed by atoms with Gasteiger partial charge in [-0.15, -0.1) is 0 Å². The number of carbonyl (C=O) groups is 4. The summed E-state index contributed by atoms with van der Waals surface area (Å²) >= 11 is 0. The van der Waals surface area contributed by atoms with Crippen LogP contribution in [0, 0.1) is 5.41 Å². The highest BCUT2D eigenvalue weighted by Gasteiger charge is 2.54. The van der Waals surface area contributed by atoms with Gasteiger partial charge in [-0.1, -0.05) is 48.5 Å². The van der Waals surface area contributed by atoms with Crippen molar-refractivity contribution in [3.8, 4) is 5.75 Å². The molecule has 0 saturated carbocycles. The number of ether oxygens (including phenoxy) is 1. The maximum Gasteiger partial charge on any atom is 0.405 e. The molecule has 11 nitrogen and oxygen atoms in total. The molecular formula is C28H33N5O6. The first kappa shape index (κ1) is 27.6. The fourth-order valence-corrected chi connectivity index (χ4v) is 4.97. The zero-order chi connectivity index (χ0) is 28.2. The van der Waals surface area contributed by atoms with Gasteiger partial charge in [-0.05, 0) is 38.0 Å². The summed E-state index contributed by atoms with van der Waals surface area (Å²) in [6, 6.07) is 17.3. The SMILES string of the molecule is CN1N=C2CCN(C(=O)[C@@H](COc3ccccc3)NC(=O)C(C)(C)NC(=O)O)C[C@@]2(Cc2ccccc2)C1=O. The zero-order valence-corrected chi connectivity index (χ0v) is 22.2. The highest BCUT2D eigenvalue weighted by molar-refractivity contribution is 6.13. The standard InChI is InChI=1S/C28H33N5O6/c1-27(2,30-26(37)38)24(35)29-21(17-39-20-12-8-5-9-13-20)23(34)33-15-14-22-28(18-33,25(36)32(3)31-22)16-19-10-6-4-7-11-19/h4-13,21,30H,14-18H2,1-3H3,(H,29,35)(H,37,38)/t21-,28-/m1/s1. The molecule has 0 unspecified atom stereocenters. The molecule has 39 heavy (non-hydrogen) atoms. The summed E-state index contributed by atoms with van der Waals surface area (Å²) in [6.45, 7) is 3.03. The molecule has 0 radical (unpaired) electrons. The van der Waals surface area contributed by atoms with E-state index in [-0.39, 0.29) is 19.1 Å². The van der Waals surface area contributed by atoms with Crippen LogP contribution in [0.2, 0.25) is 0 Å². The van der Waals surface area contributed by atoms with E-state index >= 15 is 0 Å². The van der Waals surface area contributed by atoms with Crippen LogP contribution in [0.1, 0.15) is 25.8 Å². The average Bonchev–Trinajstić information content (AvgIpc) is 3.15.